The van der Waals surface area contributed by atoms with Gasteiger partial charge in [0.05, 0.1) is 18.0 Å². The number of hydrogen-bond donors (Lipinski definition) is 3. The molecule has 0 atom stereocenters. The standard InChI is InChI=1S/C26H24ClFN6O2/c1-2-36-24(35)9-6-17-4-3-5-18(12-17)21-15-31-26(33-19-7-8-23(28)22(27)13-19)34-25(21)30-11-10-20-14-29-16-32-20/h3-9,12-16H,2,10-11H2,1H3,(H,29,32)(H2,30,31,33,34). The Bertz CT molecular complexity index is 1360. The maximum Gasteiger partial charge on any atom is 0.330 e. The molecule has 4 rings (SSSR count). The van der Waals surface area contributed by atoms with E-state index in [-0.39, 0.29) is 5.02 Å². The Kier molecular flexibility index (Phi) is 8.25. The van der Waals surface area contributed by atoms with Crippen LogP contribution in [0.15, 0.2) is 67.3 Å². The van der Waals surface area contributed by atoms with Crippen molar-refractivity contribution in [3.63, 3.8) is 0 Å². The quantitative estimate of drug-likeness (QED) is 0.189. The molecule has 184 valence electrons. The van der Waals surface area contributed by atoms with Gasteiger partial charge >= 0.3 is 5.97 Å². The Morgan fingerprint density at radius 1 is 1.22 bits per heavy atom. The van der Waals surface area contributed by atoms with Crippen LogP contribution in [-0.2, 0) is 16.0 Å². The van der Waals surface area contributed by atoms with Gasteiger partial charge < -0.3 is 20.4 Å². The Morgan fingerprint density at radius 2 is 2.11 bits per heavy atom. The smallest absolute Gasteiger partial charge is 0.330 e. The molecule has 0 aliphatic heterocycles. The summed E-state index contributed by atoms with van der Waals surface area (Å²) in [6.45, 7) is 2.67. The van der Waals surface area contributed by atoms with Gasteiger partial charge in [-0.15, -0.1) is 0 Å². The van der Waals surface area contributed by atoms with E-state index < -0.39 is 11.8 Å². The zero-order chi connectivity index (χ0) is 25.3. The second-order valence-electron chi connectivity index (χ2n) is 7.67. The fourth-order valence-corrected chi connectivity index (χ4v) is 3.57. The van der Waals surface area contributed by atoms with Gasteiger partial charge in [-0.2, -0.15) is 4.98 Å². The number of carbonyl (C=O) groups is 1. The average Bonchev–Trinajstić information content (AvgIpc) is 3.39. The van der Waals surface area contributed by atoms with Gasteiger partial charge in [0.15, 0.2) is 0 Å². The molecule has 0 fully saturated rings. The highest BCUT2D eigenvalue weighted by Gasteiger charge is 2.11. The third-order valence-corrected chi connectivity index (χ3v) is 5.39. The molecule has 8 nitrogen and oxygen atoms in total. The summed E-state index contributed by atoms with van der Waals surface area (Å²) in [5.74, 6) is 0.0239. The minimum atomic E-state index is -0.503. The lowest BCUT2D eigenvalue weighted by Crippen LogP contribution is -2.10. The van der Waals surface area contributed by atoms with Gasteiger partial charge in [0.1, 0.15) is 11.6 Å². The minimum absolute atomic E-state index is 0.00205. The number of nitrogens with zero attached hydrogens (tertiary/aromatic N) is 3. The van der Waals surface area contributed by atoms with Crippen LogP contribution < -0.4 is 10.6 Å². The first-order valence-corrected chi connectivity index (χ1v) is 11.6. The monoisotopic (exact) mass is 506 g/mol. The van der Waals surface area contributed by atoms with Crippen molar-refractivity contribution in [3.05, 3.63) is 89.4 Å². The molecule has 0 aliphatic rings. The first kappa shape index (κ1) is 24.9. The van der Waals surface area contributed by atoms with E-state index >= 15 is 0 Å². The topological polar surface area (TPSA) is 105 Å². The van der Waals surface area contributed by atoms with Gasteiger partial charge in [-0.3, -0.25) is 0 Å². The summed E-state index contributed by atoms with van der Waals surface area (Å²) in [6.07, 6.45) is 8.91. The molecule has 2 heterocycles. The highest BCUT2D eigenvalue weighted by molar-refractivity contribution is 6.31. The molecule has 0 saturated heterocycles. The van der Waals surface area contributed by atoms with Gasteiger partial charge in [0.2, 0.25) is 5.95 Å². The van der Waals surface area contributed by atoms with Crippen LogP contribution in [0.3, 0.4) is 0 Å². The van der Waals surface area contributed by atoms with Crippen molar-refractivity contribution in [1.82, 2.24) is 19.9 Å². The van der Waals surface area contributed by atoms with Crippen LogP contribution in [0.4, 0.5) is 21.8 Å². The Morgan fingerprint density at radius 3 is 2.89 bits per heavy atom. The lowest BCUT2D eigenvalue weighted by molar-refractivity contribution is -0.137. The van der Waals surface area contributed by atoms with Crippen LogP contribution in [0.1, 0.15) is 18.2 Å². The zero-order valence-corrected chi connectivity index (χ0v) is 20.2. The number of imidazole rings is 1. The van der Waals surface area contributed by atoms with Crippen LogP contribution in [0.25, 0.3) is 17.2 Å². The van der Waals surface area contributed by atoms with E-state index in [2.05, 4.69) is 30.6 Å². The van der Waals surface area contributed by atoms with Crippen molar-refractivity contribution < 1.29 is 13.9 Å². The van der Waals surface area contributed by atoms with E-state index in [4.69, 9.17) is 16.3 Å². The fraction of sp³-hybridized carbons (Fsp3) is 0.154. The molecule has 3 N–H and O–H groups in total. The maximum atomic E-state index is 13.5. The van der Waals surface area contributed by atoms with Crippen molar-refractivity contribution in [3.8, 4) is 11.1 Å². The number of ether oxygens (including phenoxy) is 1. The predicted molar refractivity (Wildman–Crippen MR) is 139 cm³/mol. The number of rotatable bonds is 10. The number of anilines is 3. The maximum absolute atomic E-state index is 13.5. The molecule has 0 unspecified atom stereocenters. The molecule has 0 amide bonds. The molecule has 2 aromatic carbocycles. The summed E-state index contributed by atoms with van der Waals surface area (Å²) in [4.78, 5) is 27.9. The van der Waals surface area contributed by atoms with E-state index in [1.165, 1.54) is 18.2 Å². The van der Waals surface area contributed by atoms with Crippen molar-refractivity contribution in [2.24, 2.45) is 0 Å². The van der Waals surface area contributed by atoms with E-state index in [9.17, 15) is 9.18 Å². The Balaban J connectivity index is 1.61. The molecule has 0 aliphatic carbocycles. The molecule has 0 spiro atoms. The van der Waals surface area contributed by atoms with Crippen molar-refractivity contribution >= 4 is 41.1 Å². The normalized spacial score (nSPS) is 11.0. The summed E-state index contributed by atoms with van der Waals surface area (Å²) in [5, 5.41) is 6.43. The number of benzene rings is 2. The average molecular weight is 507 g/mol. The van der Waals surface area contributed by atoms with Crippen molar-refractivity contribution in [2.75, 3.05) is 23.8 Å². The number of esters is 1. The third kappa shape index (κ3) is 6.67. The van der Waals surface area contributed by atoms with Crippen LogP contribution in [0.5, 0.6) is 0 Å². The number of aromatic amines is 1. The molecular formula is C26H24ClFN6O2. The zero-order valence-electron chi connectivity index (χ0n) is 19.5. The number of carbonyl (C=O) groups excluding carboxylic acids is 1. The molecule has 10 heteroatoms. The summed E-state index contributed by atoms with van der Waals surface area (Å²) >= 11 is 5.90. The first-order valence-electron chi connectivity index (χ1n) is 11.3. The van der Waals surface area contributed by atoms with E-state index in [1.54, 1.807) is 37.8 Å². The number of nitrogens with one attached hydrogen (secondary N) is 3. The molecule has 2 aromatic heterocycles. The SMILES string of the molecule is CCOC(=O)C=Cc1cccc(-c2cnc(Nc3ccc(F)c(Cl)c3)nc2NCCc2cnc[nH]2)c1. The number of halogens is 2. The van der Waals surface area contributed by atoms with E-state index in [0.717, 1.165) is 22.4 Å². The van der Waals surface area contributed by atoms with Crippen molar-refractivity contribution in [2.45, 2.75) is 13.3 Å². The fourth-order valence-electron chi connectivity index (χ4n) is 3.39. The molecule has 0 saturated carbocycles. The van der Waals surface area contributed by atoms with Crippen LogP contribution in [-0.4, -0.2) is 39.1 Å². The first-order chi connectivity index (χ1) is 17.5. The van der Waals surface area contributed by atoms with E-state index in [0.29, 0.717) is 37.0 Å². The largest absolute Gasteiger partial charge is 0.463 e. The van der Waals surface area contributed by atoms with Gasteiger partial charge in [0.25, 0.3) is 0 Å². The Labute approximate surface area is 212 Å². The molecule has 4 aromatic rings. The van der Waals surface area contributed by atoms with Crippen molar-refractivity contribution in [1.29, 1.82) is 0 Å². The second-order valence-corrected chi connectivity index (χ2v) is 8.08. The summed E-state index contributed by atoms with van der Waals surface area (Å²) < 4.78 is 18.5. The lowest BCUT2D eigenvalue weighted by Gasteiger charge is -2.14. The van der Waals surface area contributed by atoms with Gasteiger partial charge in [-0.05, 0) is 48.4 Å². The van der Waals surface area contributed by atoms with Gasteiger partial charge in [-0.25, -0.2) is 19.2 Å². The molecule has 36 heavy (non-hydrogen) atoms. The number of aromatic nitrogens is 4. The minimum Gasteiger partial charge on any atom is -0.463 e. The molecule has 0 bridgehead atoms. The number of hydrogen-bond acceptors (Lipinski definition) is 7. The number of H-pyrrole nitrogens is 1. The second kappa shape index (κ2) is 11.9. The summed E-state index contributed by atoms with van der Waals surface area (Å²) in [5.41, 5.74) is 4.01. The Hall–Kier alpha value is -4.24. The van der Waals surface area contributed by atoms with Crippen LogP contribution in [0.2, 0.25) is 5.02 Å². The van der Waals surface area contributed by atoms with Crippen LogP contribution >= 0.6 is 11.6 Å². The lowest BCUT2D eigenvalue weighted by atomic mass is 10.0. The van der Waals surface area contributed by atoms with E-state index in [1.807, 2.05) is 24.3 Å². The highest BCUT2D eigenvalue weighted by atomic mass is 35.5. The van der Waals surface area contributed by atoms with Crippen LogP contribution in [0, 0.1) is 5.82 Å². The van der Waals surface area contributed by atoms with Gasteiger partial charge in [0, 0.05) is 48.4 Å². The highest BCUT2D eigenvalue weighted by Crippen LogP contribution is 2.29. The third-order valence-electron chi connectivity index (χ3n) is 5.10. The molecule has 0 radical (unpaired) electrons. The molecular weight excluding hydrogens is 483 g/mol. The summed E-state index contributed by atoms with van der Waals surface area (Å²) in [6, 6.07) is 12.0. The summed E-state index contributed by atoms with van der Waals surface area (Å²) in [7, 11) is 0. The predicted octanol–water partition coefficient (Wildman–Crippen LogP) is 5.63. The van der Waals surface area contributed by atoms with Gasteiger partial charge in [-0.1, -0.05) is 29.8 Å².